The van der Waals surface area contributed by atoms with E-state index in [4.69, 9.17) is 5.26 Å². The van der Waals surface area contributed by atoms with Crippen LogP contribution in [-0.2, 0) is 0 Å². The molecule has 0 amide bonds. The number of nitrogens with one attached hydrogen (secondary N) is 2. The molecule has 0 saturated heterocycles. The molecule has 3 nitrogen and oxygen atoms in total. The van der Waals surface area contributed by atoms with E-state index in [2.05, 4.69) is 77.2 Å². The number of anilines is 2. The Kier molecular flexibility index (Phi) is 3.58. The first-order valence-electron chi connectivity index (χ1n) is 8.97. The molecule has 0 spiro atoms. The van der Waals surface area contributed by atoms with Gasteiger partial charge < -0.3 is 10.5 Å². The van der Waals surface area contributed by atoms with Crippen molar-refractivity contribution in [2.75, 3.05) is 10.5 Å². The van der Waals surface area contributed by atoms with Crippen molar-refractivity contribution in [3.8, 4) is 17.2 Å². The summed E-state index contributed by atoms with van der Waals surface area (Å²) in [6, 6.07) is 31.1. The molecule has 0 saturated carbocycles. The van der Waals surface area contributed by atoms with Crippen molar-refractivity contribution in [3.63, 3.8) is 0 Å². The van der Waals surface area contributed by atoms with E-state index in [1.54, 1.807) is 0 Å². The molecule has 27 heavy (non-hydrogen) atoms. The Bertz CT molecular complexity index is 1130. The van der Waals surface area contributed by atoms with E-state index in [9.17, 15) is 0 Å². The molecule has 0 aromatic heterocycles. The number of hydrogen-bond acceptors (Lipinski definition) is 3. The third kappa shape index (κ3) is 2.70. The molecule has 1 heterocycles. The normalized spacial score (nSPS) is 12.2. The van der Waals surface area contributed by atoms with Crippen LogP contribution in [0.25, 0.3) is 21.9 Å². The van der Waals surface area contributed by atoms with Gasteiger partial charge in [-0.25, -0.2) is 0 Å². The van der Waals surface area contributed by atoms with Gasteiger partial charge in [-0.1, -0.05) is 60.7 Å². The van der Waals surface area contributed by atoms with Gasteiger partial charge in [-0.3, -0.25) is 0 Å². The lowest BCUT2D eigenvalue weighted by atomic mass is 9.66. The molecule has 1 aliphatic heterocycles. The fourth-order valence-corrected chi connectivity index (χ4v) is 3.70. The van der Waals surface area contributed by atoms with Crippen LogP contribution in [0.3, 0.4) is 0 Å². The summed E-state index contributed by atoms with van der Waals surface area (Å²) in [4.78, 5) is 0. The monoisotopic (exact) mass is 345 g/mol. The number of nitriles is 1. The van der Waals surface area contributed by atoms with Crippen molar-refractivity contribution >= 4 is 34.6 Å². The third-order valence-electron chi connectivity index (χ3n) is 5.10. The van der Waals surface area contributed by atoms with Crippen LogP contribution in [0.5, 0.6) is 0 Å². The fraction of sp³-hybridized carbons (Fsp3) is 0. The minimum absolute atomic E-state index is 0.0283. The minimum atomic E-state index is 0.0283. The predicted octanol–water partition coefficient (Wildman–Crippen LogP) is 4.61. The van der Waals surface area contributed by atoms with Crippen molar-refractivity contribution < 1.29 is 0 Å². The Hall–Kier alpha value is -3.71. The smallest absolute Gasteiger partial charge is 0.405 e. The molecule has 0 fully saturated rings. The summed E-state index contributed by atoms with van der Waals surface area (Å²) >= 11 is 0. The first-order valence-corrected chi connectivity index (χ1v) is 8.97. The summed E-state index contributed by atoms with van der Waals surface area (Å²) in [7, 11) is 0. The van der Waals surface area contributed by atoms with Crippen LogP contribution < -0.4 is 15.9 Å². The van der Waals surface area contributed by atoms with Gasteiger partial charge in [0.25, 0.3) is 0 Å². The maximum Gasteiger partial charge on any atom is 0.406 e. The number of rotatable bonds is 2. The summed E-state index contributed by atoms with van der Waals surface area (Å²) in [5.41, 5.74) is 6.42. The molecule has 0 atom stereocenters. The van der Waals surface area contributed by atoms with E-state index < -0.39 is 0 Å². The van der Waals surface area contributed by atoms with E-state index in [0.717, 1.165) is 22.5 Å². The minimum Gasteiger partial charge on any atom is -0.405 e. The maximum atomic E-state index is 8.94. The summed E-state index contributed by atoms with van der Waals surface area (Å²) in [6.07, 6.45) is 0. The average molecular weight is 345 g/mol. The molecular formula is C23H16BN3. The molecule has 4 aromatic carbocycles. The van der Waals surface area contributed by atoms with Crippen molar-refractivity contribution in [3.05, 3.63) is 90.5 Å². The lowest BCUT2D eigenvalue weighted by molar-refractivity contribution is 1.48. The molecule has 4 aromatic rings. The standard InChI is InChI=1S/C23H16BN3/c25-15-16-7-9-17(10-8-16)18-11-13-20(14-12-18)24-26-21-5-1-3-19-4-2-6-22(27-24)23(19)21/h1-14,26-27H. The molecule has 1 aliphatic rings. The molecule has 5 rings (SSSR count). The Balaban J connectivity index is 1.45. The van der Waals surface area contributed by atoms with Crippen LogP contribution in [0.4, 0.5) is 11.4 Å². The highest BCUT2D eigenvalue weighted by Gasteiger charge is 2.25. The summed E-state index contributed by atoms with van der Waals surface area (Å²) in [5.74, 6) is 0. The molecule has 126 valence electrons. The fourth-order valence-electron chi connectivity index (χ4n) is 3.70. The van der Waals surface area contributed by atoms with Gasteiger partial charge in [0.1, 0.15) is 0 Å². The van der Waals surface area contributed by atoms with E-state index in [0.29, 0.717) is 5.56 Å². The largest absolute Gasteiger partial charge is 0.406 e. The van der Waals surface area contributed by atoms with Crippen molar-refractivity contribution in [2.24, 2.45) is 0 Å². The van der Waals surface area contributed by atoms with Gasteiger partial charge in [0.05, 0.1) is 11.6 Å². The zero-order valence-corrected chi connectivity index (χ0v) is 14.6. The molecule has 0 aliphatic carbocycles. The molecule has 4 heteroatoms. The van der Waals surface area contributed by atoms with Crippen LogP contribution in [-0.4, -0.2) is 6.98 Å². The number of benzene rings is 4. The van der Waals surface area contributed by atoms with E-state index in [-0.39, 0.29) is 6.98 Å². The van der Waals surface area contributed by atoms with E-state index in [1.165, 1.54) is 16.2 Å². The van der Waals surface area contributed by atoms with Gasteiger partial charge in [-0.05, 0) is 46.2 Å². The highest BCUT2D eigenvalue weighted by Crippen LogP contribution is 2.33. The summed E-state index contributed by atoms with van der Waals surface area (Å²) < 4.78 is 0. The molecule has 0 unspecified atom stereocenters. The first kappa shape index (κ1) is 15.5. The van der Waals surface area contributed by atoms with Crippen LogP contribution in [0.15, 0.2) is 84.9 Å². The van der Waals surface area contributed by atoms with Crippen LogP contribution in [0, 0.1) is 11.3 Å². The lowest BCUT2D eigenvalue weighted by Crippen LogP contribution is -2.47. The predicted molar refractivity (Wildman–Crippen MR) is 113 cm³/mol. The molecular weight excluding hydrogens is 329 g/mol. The first-order chi connectivity index (χ1) is 13.3. The Morgan fingerprint density at radius 3 is 1.78 bits per heavy atom. The molecule has 0 radical (unpaired) electrons. The van der Waals surface area contributed by atoms with Crippen molar-refractivity contribution in [1.82, 2.24) is 0 Å². The van der Waals surface area contributed by atoms with Crippen molar-refractivity contribution in [1.29, 1.82) is 5.26 Å². The summed E-state index contributed by atoms with van der Waals surface area (Å²) in [5, 5.41) is 18.6. The summed E-state index contributed by atoms with van der Waals surface area (Å²) in [6.45, 7) is 0.0283. The van der Waals surface area contributed by atoms with Gasteiger partial charge in [-0.15, -0.1) is 0 Å². The number of nitrogens with zero attached hydrogens (tertiary/aromatic N) is 1. The van der Waals surface area contributed by atoms with Gasteiger partial charge in [-0.2, -0.15) is 5.26 Å². The third-order valence-corrected chi connectivity index (χ3v) is 5.10. The Morgan fingerprint density at radius 1 is 0.667 bits per heavy atom. The topological polar surface area (TPSA) is 47.9 Å². The van der Waals surface area contributed by atoms with Crippen molar-refractivity contribution in [2.45, 2.75) is 0 Å². The van der Waals surface area contributed by atoms with E-state index >= 15 is 0 Å². The zero-order chi connectivity index (χ0) is 18.2. The van der Waals surface area contributed by atoms with Gasteiger partial charge in [0.15, 0.2) is 0 Å². The highest BCUT2D eigenvalue weighted by molar-refractivity contribution is 6.80. The SMILES string of the molecule is N#Cc1ccc(-c2ccc(B3Nc4cccc5cccc(c45)N3)cc2)cc1. The van der Waals surface area contributed by atoms with Gasteiger partial charge >= 0.3 is 6.98 Å². The van der Waals surface area contributed by atoms with Crippen LogP contribution in [0.1, 0.15) is 5.56 Å². The Morgan fingerprint density at radius 2 is 1.22 bits per heavy atom. The molecule has 2 N–H and O–H groups in total. The van der Waals surface area contributed by atoms with E-state index in [1.807, 2.05) is 24.3 Å². The zero-order valence-electron chi connectivity index (χ0n) is 14.6. The van der Waals surface area contributed by atoms with Crippen LogP contribution >= 0.6 is 0 Å². The molecule has 0 bridgehead atoms. The lowest BCUT2D eigenvalue weighted by Gasteiger charge is -2.27. The Labute approximate surface area is 158 Å². The van der Waals surface area contributed by atoms with Gasteiger partial charge in [0.2, 0.25) is 0 Å². The van der Waals surface area contributed by atoms with Crippen LogP contribution in [0.2, 0.25) is 0 Å². The number of hydrogen-bond donors (Lipinski definition) is 2. The second-order valence-electron chi connectivity index (χ2n) is 6.74. The second kappa shape index (κ2) is 6.23. The van der Waals surface area contributed by atoms with Gasteiger partial charge in [0, 0.05) is 16.8 Å². The average Bonchev–Trinajstić information content (AvgIpc) is 2.74. The highest BCUT2D eigenvalue weighted by atomic mass is 15.0. The second-order valence-corrected chi connectivity index (χ2v) is 6.74. The maximum absolute atomic E-state index is 8.94. The quantitative estimate of drug-likeness (QED) is 0.522.